The Kier molecular flexibility index (Phi) is 7.24. The molecule has 0 aliphatic heterocycles. The number of fused-ring (bicyclic) bond motifs is 2. The van der Waals surface area contributed by atoms with Gasteiger partial charge in [0.25, 0.3) is 0 Å². The average molecular weight is 664 g/mol. The Morgan fingerprint density at radius 1 is 0.450 bits per heavy atom. The van der Waals surface area contributed by atoms with Crippen molar-refractivity contribution in [2.45, 2.75) is 10.7 Å². The maximum absolute atomic E-state index is 14.4. The van der Waals surface area contributed by atoms with Crippen LogP contribution in [0.5, 0.6) is 0 Å². The van der Waals surface area contributed by atoms with Crippen molar-refractivity contribution in [3.05, 3.63) is 131 Å². The molecule has 0 aliphatic carbocycles. The molecule has 0 atom stereocenters. The zero-order valence-electron chi connectivity index (χ0n) is 20.9. The van der Waals surface area contributed by atoms with E-state index in [9.17, 15) is 17.6 Å². The number of hydrogen-bond donors (Lipinski definition) is 0. The van der Waals surface area contributed by atoms with E-state index in [0.717, 1.165) is 55.9 Å². The Balaban J connectivity index is 1.81. The van der Waals surface area contributed by atoms with Gasteiger partial charge >= 0.3 is 0 Å². The third-order valence-electron chi connectivity index (χ3n) is 7.18. The van der Waals surface area contributed by atoms with Crippen molar-refractivity contribution < 1.29 is 17.6 Å². The third kappa shape index (κ3) is 4.73. The Hall–Kier alpha value is -3.48. The Morgan fingerprint density at radius 2 is 0.800 bits per heavy atom. The second-order valence-electron chi connectivity index (χ2n) is 9.58. The molecule has 0 saturated heterocycles. The molecule has 6 rings (SSSR count). The summed E-state index contributed by atoms with van der Waals surface area (Å²) in [6.45, 7) is 0. The molecule has 0 radical (unpaired) electrons. The Labute approximate surface area is 245 Å². The van der Waals surface area contributed by atoms with Gasteiger partial charge in [0.1, 0.15) is 23.3 Å². The third-order valence-corrected chi connectivity index (χ3v) is 8.30. The molecule has 6 aromatic carbocycles. The van der Waals surface area contributed by atoms with Crippen LogP contribution in [0.4, 0.5) is 17.6 Å². The molecule has 0 unspecified atom stereocenters. The standard InChI is InChI=1S/C34H20Br2F4/c35-17-31-29(21-9-23(37)15-24(38)10-21)13-19-5-1-3-7-27(19)33(31)34-28-8-4-2-6-20(28)14-30(32(34)18-36)22-11-25(39)16-26(40)12-22/h1-16H,17-18H2. The second kappa shape index (κ2) is 10.8. The summed E-state index contributed by atoms with van der Waals surface area (Å²) in [5, 5.41) is 4.49. The van der Waals surface area contributed by atoms with E-state index in [2.05, 4.69) is 31.9 Å². The average Bonchev–Trinajstić information content (AvgIpc) is 2.94. The first-order valence-electron chi connectivity index (χ1n) is 12.5. The van der Waals surface area contributed by atoms with E-state index in [4.69, 9.17) is 0 Å². The highest BCUT2D eigenvalue weighted by Crippen LogP contribution is 2.47. The van der Waals surface area contributed by atoms with Crippen LogP contribution < -0.4 is 0 Å². The van der Waals surface area contributed by atoms with Crippen molar-refractivity contribution in [3.8, 4) is 33.4 Å². The van der Waals surface area contributed by atoms with E-state index >= 15 is 0 Å². The van der Waals surface area contributed by atoms with Crippen LogP contribution in [0.2, 0.25) is 0 Å². The first-order chi connectivity index (χ1) is 19.4. The van der Waals surface area contributed by atoms with Gasteiger partial charge in [0.05, 0.1) is 0 Å². The molecule has 0 amide bonds. The van der Waals surface area contributed by atoms with Gasteiger partial charge in [0.2, 0.25) is 0 Å². The fourth-order valence-electron chi connectivity index (χ4n) is 5.56. The van der Waals surface area contributed by atoms with Gasteiger partial charge in [-0.2, -0.15) is 0 Å². The summed E-state index contributed by atoms with van der Waals surface area (Å²) < 4.78 is 57.6. The molecule has 0 spiro atoms. The number of rotatable bonds is 5. The van der Waals surface area contributed by atoms with Crippen LogP contribution in [-0.2, 0) is 10.7 Å². The fourth-order valence-corrected chi connectivity index (χ4v) is 6.73. The molecule has 0 N–H and O–H groups in total. The summed E-state index contributed by atoms with van der Waals surface area (Å²) in [4.78, 5) is 0. The van der Waals surface area contributed by atoms with E-state index in [-0.39, 0.29) is 0 Å². The molecular formula is C34H20Br2F4. The van der Waals surface area contributed by atoms with Gasteiger partial charge in [-0.3, -0.25) is 0 Å². The van der Waals surface area contributed by atoms with Crippen LogP contribution in [0, 0.1) is 23.3 Å². The largest absolute Gasteiger partial charge is 0.207 e. The topological polar surface area (TPSA) is 0 Å². The summed E-state index contributed by atoms with van der Waals surface area (Å²) in [6.07, 6.45) is 0. The van der Waals surface area contributed by atoms with E-state index in [1.165, 1.54) is 24.3 Å². The summed E-state index contributed by atoms with van der Waals surface area (Å²) >= 11 is 7.34. The zero-order chi connectivity index (χ0) is 28.0. The van der Waals surface area contributed by atoms with Crippen LogP contribution in [-0.4, -0.2) is 0 Å². The highest BCUT2D eigenvalue weighted by Gasteiger charge is 2.23. The normalized spacial score (nSPS) is 11.4. The quantitative estimate of drug-likeness (QED) is 0.127. The summed E-state index contributed by atoms with van der Waals surface area (Å²) in [5.74, 6) is -2.64. The van der Waals surface area contributed by atoms with Gasteiger partial charge in [-0.15, -0.1) is 0 Å². The van der Waals surface area contributed by atoms with E-state index in [1.54, 1.807) is 0 Å². The molecule has 0 aromatic heterocycles. The van der Waals surface area contributed by atoms with E-state index in [0.29, 0.717) is 32.9 Å². The molecule has 0 bridgehead atoms. The molecule has 0 saturated carbocycles. The van der Waals surface area contributed by atoms with Crippen molar-refractivity contribution in [2.24, 2.45) is 0 Å². The summed E-state index contributed by atoms with van der Waals surface area (Å²) in [7, 11) is 0. The smallest absolute Gasteiger partial charge is 0.126 e. The molecule has 40 heavy (non-hydrogen) atoms. The molecule has 0 nitrogen and oxygen atoms in total. The molecule has 0 aliphatic rings. The van der Waals surface area contributed by atoms with Crippen molar-refractivity contribution in [3.63, 3.8) is 0 Å². The second-order valence-corrected chi connectivity index (χ2v) is 10.7. The number of benzene rings is 6. The summed E-state index contributed by atoms with van der Waals surface area (Å²) in [5.41, 5.74) is 5.70. The molecule has 0 fully saturated rings. The molecule has 198 valence electrons. The Bertz CT molecular complexity index is 1750. The van der Waals surface area contributed by atoms with Gasteiger partial charge in [0.15, 0.2) is 0 Å². The lowest BCUT2D eigenvalue weighted by Crippen LogP contribution is -2.00. The first-order valence-corrected chi connectivity index (χ1v) is 14.8. The van der Waals surface area contributed by atoms with Crippen molar-refractivity contribution in [2.75, 3.05) is 0 Å². The van der Waals surface area contributed by atoms with Crippen molar-refractivity contribution >= 4 is 53.4 Å². The van der Waals surface area contributed by atoms with Gasteiger partial charge in [0, 0.05) is 22.8 Å². The number of halogens is 6. The van der Waals surface area contributed by atoms with Crippen LogP contribution in [0.25, 0.3) is 54.9 Å². The highest BCUT2D eigenvalue weighted by molar-refractivity contribution is 9.08. The van der Waals surface area contributed by atoms with Crippen LogP contribution in [0.1, 0.15) is 11.1 Å². The maximum atomic E-state index is 14.4. The van der Waals surface area contributed by atoms with Gasteiger partial charge in [-0.1, -0.05) is 80.4 Å². The monoisotopic (exact) mass is 662 g/mol. The molecule has 6 heteroatoms. The number of alkyl halides is 2. The van der Waals surface area contributed by atoms with Crippen LogP contribution in [0.3, 0.4) is 0 Å². The highest BCUT2D eigenvalue weighted by atomic mass is 79.9. The van der Waals surface area contributed by atoms with Crippen LogP contribution in [0.15, 0.2) is 97.1 Å². The fraction of sp³-hybridized carbons (Fsp3) is 0.0588. The van der Waals surface area contributed by atoms with Crippen molar-refractivity contribution in [1.82, 2.24) is 0 Å². The minimum Gasteiger partial charge on any atom is -0.207 e. The lowest BCUT2D eigenvalue weighted by atomic mass is 9.82. The van der Waals surface area contributed by atoms with Gasteiger partial charge < -0.3 is 0 Å². The predicted molar refractivity (Wildman–Crippen MR) is 163 cm³/mol. The van der Waals surface area contributed by atoms with Gasteiger partial charge in [-0.05, 0) is 102 Å². The molecule has 6 aromatic rings. The molecule has 0 heterocycles. The SMILES string of the molecule is Fc1cc(F)cc(-c2cc3ccccc3c(-c3c(CBr)c(-c4cc(F)cc(F)c4)cc4ccccc34)c2CBr)c1. The minimum atomic E-state index is -0.660. The predicted octanol–water partition coefficient (Wildman–Crippen LogP) is 11.3. The zero-order valence-corrected chi connectivity index (χ0v) is 24.1. The lowest BCUT2D eigenvalue weighted by Gasteiger charge is -2.23. The lowest BCUT2D eigenvalue weighted by molar-refractivity contribution is 0.583. The molecular weight excluding hydrogens is 644 g/mol. The van der Waals surface area contributed by atoms with E-state index < -0.39 is 23.3 Å². The van der Waals surface area contributed by atoms with Gasteiger partial charge in [-0.25, -0.2) is 17.6 Å². The Morgan fingerprint density at radius 3 is 1.15 bits per heavy atom. The van der Waals surface area contributed by atoms with E-state index in [1.807, 2.05) is 60.7 Å². The number of hydrogen-bond acceptors (Lipinski definition) is 0. The summed E-state index contributed by atoms with van der Waals surface area (Å²) in [6, 6.07) is 26.7. The minimum absolute atomic E-state index is 0.398. The maximum Gasteiger partial charge on any atom is 0.126 e. The van der Waals surface area contributed by atoms with Crippen LogP contribution >= 0.6 is 31.9 Å². The van der Waals surface area contributed by atoms with Crippen molar-refractivity contribution in [1.29, 1.82) is 0 Å². The first kappa shape index (κ1) is 26.7.